The van der Waals surface area contributed by atoms with Crippen LogP contribution in [0.5, 0.6) is 23.0 Å². The van der Waals surface area contributed by atoms with Gasteiger partial charge in [-0.3, -0.25) is 0 Å². The van der Waals surface area contributed by atoms with Crippen molar-refractivity contribution in [2.45, 2.75) is 25.9 Å². The van der Waals surface area contributed by atoms with Gasteiger partial charge in [-0.15, -0.1) is 0 Å². The Balaban J connectivity index is 1.25. The Morgan fingerprint density at radius 1 is 1.00 bits per heavy atom. The Labute approximate surface area is 211 Å². The van der Waals surface area contributed by atoms with Crippen LogP contribution in [-0.4, -0.2) is 34.6 Å². The lowest BCUT2D eigenvalue weighted by atomic mass is 9.95. The van der Waals surface area contributed by atoms with Crippen LogP contribution in [0.4, 0.5) is 5.69 Å². The van der Waals surface area contributed by atoms with Gasteiger partial charge in [0.05, 0.1) is 24.7 Å². The molecule has 0 saturated heterocycles. The number of methoxy groups -OCH3 is 1. The number of pyridine rings is 2. The van der Waals surface area contributed by atoms with Crippen molar-refractivity contribution in [1.29, 1.82) is 0 Å². The maximum Gasteiger partial charge on any atom is 0.231 e. The molecular formula is C29H31N3O4+2. The topological polar surface area (TPSA) is 47.9 Å². The van der Waals surface area contributed by atoms with Crippen molar-refractivity contribution in [1.82, 2.24) is 0 Å². The molecule has 0 atom stereocenters. The number of nitrogens with zero attached hydrogens (tertiary/aromatic N) is 3. The van der Waals surface area contributed by atoms with Crippen LogP contribution in [0.15, 0.2) is 61.1 Å². The standard InChI is InChI=1S/C29H31N3O4/c1-30(2)22-8-11-31(12-9-22)10-4-14-34-29-24-18-32-13-7-21-16-27-28(36-19-35-27)17-23(21)25(32)15-20(24)5-6-26(29)33-3/h5-6,8-9,11-12,15-18H,4,7,10,13-14,19H2,1-3H3/q+2. The first-order chi connectivity index (χ1) is 17.6. The lowest BCUT2D eigenvalue weighted by molar-refractivity contribution is -0.697. The van der Waals surface area contributed by atoms with Gasteiger partial charge in [-0.25, -0.2) is 4.57 Å². The average Bonchev–Trinajstić information content (AvgIpc) is 3.36. The zero-order chi connectivity index (χ0) is 24.6. The van der Waals surface area contributed by atoms with Crippen molar-refractivity contribution < 1.29 is 28.1 Å². The van der Waals surface area contributed by atoms with Gasteiger partial charge in [0.2, 0.25) is 12.5 Å². The summed E-state index contributed by atoms with van der Waals surface area (Å²) in [7, 11) is 5.80. The first-order valence-electron chi connectivity index (χ1n) is 12.4. The summed E-state index contributed by atoms with van der Waals surface area (Å²) in [6, 6.07) is 14.8. The second-order valence-corrected chi connectivity index (χ2v) is 9.46. The van der Waals surface area contributed by atoms with Crippen LogP contribution in [0.3, 0.4) is 0 Å². The smallest absolute Gasteiger partial charge is 0.231 e. The van der Waals surface area contributed by atoms with E-state index in [1.807, 2.05) is 6.07 Å². The summed E-state index contributed by atoms with van der Waals surface area (Å²) in [4.78, 5) is 2.10. The third-order valence-electron chi connectivity index (χ3n) is 6.99. The quantitative estimate of drug-likeness (QED) is 0.294. The number of fused-ring (bicyclic) bond motifs is 5. The number of benzene rings is 2. The molecule has 7 heteroatoms. The highest BCUT2D eigenvalue weighted by molar-refractivity contribution is 5.91. The molecule has 0 N–H and O–H groups in total. The molecule has 0 amide bonds. The zero-order valence-corrected chi connectivity index (χ0v) is 21.0. The van der Waals surface area contributed by atoms with Crippen molar-refractivity contribution in [3.8, 4) is 34.3 Å². The molecule has 2 aliphatic heterocycles. The van der Waals surface area contributed by atoms with Crippen LogP contribution in [0.25, 0.3) is 22.0 Å². The van der Waals surface area contributed by atoms with Crippen molar-refractivity contribution in [2.24, 2.45) is 0 Å². The van der Waals surface area contributed by atoms with E-state index >= 15 is 0 Å². The predicted molar refractivity (Wildman–Crippen MR) is 137 cm³/mol. The fraction of sp³-hybridized carbons (Fsp3) is 0.310. The van der Waals surface area contributed by atoms with Gasteiger partial charge >= 0.3 is 0 Å². The number of hydrogen-bond donors (Lipinski definition) is 0. The summed E-state index contributed by atoms with van der Waals surface area (Å²) in [6.45, 7) is 2.67. The number of anilines is 1. The fourth-order valence-corrected chi connectivity index (χ4v) is 5.02. The van der Waals surface area contributed by atoms with Crippen LogP contribution >= 0.6 is 0 Å². The van der Waals surface area contributed by atoms with Gasteiger partial charge in [0.1, 0.15) is 0 Å². The van der Waals surface area contributed by atoms with E-state index in [0.717, 1.165) is 59.7 Å². The third-order valence-corrected chi connectivity index (χ3v) is 6.99. The molecule has 0 saturated carbocycles. The van der Waals surface area contributed by atoms with Gasteiger partial charge in [-0.1, -0.05) is 0 Å². The van der Waals surface area contributed by atoms with Crippen LogP contribution in [0.2, 0.25) is 0 Å². The normalized spacial score (nSPS) is 13.3. The molecule has 0 spiro atoms. The maximum atomic E-state index is 6.35. The molecule has 0 fully saturated rings. The summed E-state index contributed by atoms with van der Waals surface area (Å²) >= 11 is 0. The summed E-state index contributed by atoms with van der Waals surface area (Å²) in [5.74, 6) is 3.21. The highest BCUT2D eigenvalue weighted by atomic mass is 16.7. The van der Waals surface area contributed by atoms with Gasteiger partial charge in [0.25, 0.3) is 0 Å². The van der Waals surface area contributed by atoms with E-state index < -0.39 is 0 Å². The van der Waals surface area contributed by atoms with E-state index in [4.69, 9.17) is 18.9 Å². The van der Waals surface area contributed by atoms with E-state index in [9.17, 15) is 0 Å². The van der Waals surface area contributed by atoms with Gasteiger partial charge in [-0.2, -0.15) is 4.57 Å². The van der Waals surface area contributed by atoms with Crippen molar-refractivity contribution >= 4 is 16.5 Å². The summed E-state index contributed by atoms with van der Waals surface area (Å²) in [5, 5.41) is 2.18. The first kappa shape index (κ1) is 22.5. The van der Waals surface area contributed by atoms with E-state index in [-0.39, 0.29) is 6.79 Å². The number of rotatable bonds is 7. The fourth-order valence-electron chi connectivity index (χ4n) is 5.02. The molecule has 0 unspecified atom stereocenters. The van der Waals surface area contributed by atoms with Crippen molar-refractivity contribution in [3.05, 3.63) is 66.6 Å². The molecule has 184 valence electrons. The third kappa shape index (κ3) is 4.04. The lowest BCUT2D eigenvalue weighted by Crippen LogP contribution is -2.40. The number of ether oxygens (including phenoxy) is 4. The summed E-state index contributed by atoms with van der Waals surface area (Å²) in [5.41, 5.74) is 4.86. The van der Waals surface area contributed by atoms with Crippen LogP contribution in [-0.2, 0) is 19.5 Å². The van der Waals surface area contributed by atoms with E-state index in [2.05, 4.69) is 83.1 Å². The number of hydrogen-bond acceptors (Lipinski definition) is 5. The second kappa shape index (κ2) is 9.22. The van der Waals surface area contributed by atoms with E-state index in [1.54, 1.807) is 7.11 Å². The van der Waals surface area contributed by atoms with Crippen molar-refractivity contribution in [2.75, 3.05) is 39.5 Å². The Morgan fingerprint density at radius 3 is 2.58 bits per heavy atom. The molecule has 2 aromatic carbocycles. The highest BCUT2D eigenvalue weighted by Gasteiger charge is 2.28. The van der Waals surface area contributed by atoms with Crippen molar-refractivity contribution in [3.63, 3.8) is 0 Å². The van der Waals surface area contributed by atoms with Crippen LogP contribution in [0, 0.1) is 0 Å². The molecule has 6 rings (SSSR count). The molecule has 2 aromatic heterocycles. The molecule has 0 bridgehead atoms. The Bertz CT molecular complexity index is 1430. The van der Waals surface area contributed by atoms with Crippen LogP contribution < -0.4 is 33.0 Å². The highest BCUT2D eigenvalue weighted by Crippen LogP contribution is 2.41. The molecule has 0 radical (unpaired) electrons. The SMILES string of the molecule is COc1ccc2cc3[n+](cc2c1OCCC[n+]1ccc(N(C)C)cc1)CCc1cc2c(cc1-3)OCO2. The minimum absolute atomic E-state index is 0.288. The van der Waals surface area contributed by atoms with Gasteiger partial charge in [0, 0.05) is 50.8 Å². The molecular weight excluding hydrogens is 454 g/mol. The van der Waals surface area contributed by atoms with E-state index in [1.165, 1.54) is 22.5 Å². The minimum atomic E-state index is 0.288. The number of aromatic nitrogens is 2. The first-order valence-corrected chi connectivity index (χ1v) is 12.4. The molecule has 36 heavy (non-hydrogen) atoms. The molecule has 0 aliphatic carbocycles. The van der Waals surface area contributed by atoms with Gasteiger partial charge in [0.15, 0.2) is 54.7 Å². The Kier molecular flexibility index (Phi) is 5.76. The molecule has 4 aromatic rings. The summed E-state index contributed by atoms with van der Waals surface area (Å²) in [6.07, 6.45) is 8.26. The van der Waals surface area contributed by atoms with Crippen LogP contribution in [0.1, 0.15) is 12.0 Å². The summed E-state index contributed by atoms with van der Waals surface area (Å²) < 4.78 is 27.8. The Hall–Kier alpha value is -4.00. The van der Waals surface area contributed by atoms with Gasteiger partial charge < -0.3 is 23.8 Å². The minimum Gasteiger partial charge on any atom is -0.493 e. The molecule has 7 nitrogen and oxygen atoms in total. The molecule has 2 aliphatic rings. The predicted octanol–water partition coefficient (Wildman–Crippen LogP) is 3.91. The zero-order valence-electron chi connectivity index (χ0n) is 21.0. The van der Waals surface area contributed by atoms with Gasteiger partial charge in [-0.05, 0) is 35.2 Å². The number of aryl methyl sites for hydroxylation is 3. The second-order valence-electron chi connectivity index (χ2n) is 9.46. The Morgan fingerprint density at radius 2 is 1.81 bits per heavy atom. The monoisotopic (exact) mass is 485 g/mol. The average molecular weight is 486 g/mol. The largest absolute Gasteiger partial charge is 0.493 e. The maximum absolute atomic E-state index is 6.35. The van der Waals surface area contributed by atoms with E-state index in [0.29, 0.717) is 6.61 Å². The molecule has 4 heterocycles. The lowest BCUT2D eigenvalue weighted by Gasteiger charge is -2.18.